The quantitative estimate of drug-likeness (QED) is 0.696. The lowest BCUT2D eigenvalue weighted by molar-refractivity contribution is -0.140. The Morgan fingerprint density at radius 3 is 2.82 bits per heavy atom. The third-order valence-electron chi connectivity index (χ3n) is 4.18. The number of carbonyl (C=O) groups excluding carboxylic acids is 1. The smallest absolute Gasteiger partial charge is 0.369 e. The Morgan fingerprint density at radius 2 is 2.11 bits per heavy atom. The second-order valence-electron chi connectivity index (χ2n) is 6.87. The number of halogens is 4. The number of amides is 1. The molecule has 1 aliphatic heterocycles. The molecule has 1 unspecified atom stereocenters. The van der Waals surface area contributed by atoms with Crippen molar-refractivity contribution in [2.45, 2.75) is 31.5 Å². The van der Waals surface area contributed by atoms with Crippen LogP contribution in [0.25, 0.3) is 0 Å². The number of rotatable bonds is 5. The van der Waals surface area contributed by atoms with E-state index in [9.17, 15) is 18.0 Å². The van der Waals surface area contributed by atoms with Crippen LogP contribution in [0, 0.1) is 0 Å². The molecule has 0 spiro atoms. The molecular formula is C17H18ClF3N6O. The fraction of sp³-hybridized carbons (Fsp3) is 0.412. The van der Waals surface area contributed by atoms with Crippen molar-refractivity contribution in [3.8, 4) is 0 Å². The van der Waals surface area contributed by atoms with Gasteiger partial charge in [0.1, 0.15) is 29.5 Å². The monoisotopic (exact) mass is 414 g/mol. The molecule has 0 saturated carbocycles. The fourth-order valence-corrected chi connectivity index (χ4v) is 2.96. The van der Waals surface area contributed by atoms with Crippen LogP contribution in [0.15, 0.2) is 24.5 Å². The van der Waals surface area contributed by atoms with Crippen LogP contribution < -0.4 is 16.0 Å². The maximum atomic E-state index is 12.3. The number of alkyl halides is 3. The van der Waals surface area contributed by atoms with Crippen molar-refractivity contribution >= 4 is 29.1 Å². The first-order valence-corrected chi connectivity index (χ1v) is 8.78. The number of fused-ring (bicyclic) bond motifs is 1. The van der Waals surface area contributed by atoms with E-state index in [0.29, 0.717) is 29.0 Å². The number of pyridine rings is 1. The standard InChI is InChI=1S/C17H18ClF3N6O/c1-16(2,15(28)25-8-17(19,20)21)27-12-3-4-22-14(26-12)11-7-24-13-10(11)5-9(18)6-23-13/h3-6,11H,7-8H2,1-2H3,(H,23,24)(H,25,28)(H,22,26,27). The lowest BCUT2D eigenvalue weighted by Gasteiger charge is -2.26. The summed E-state index contributed by atoms with van der Waals surface area (Å²) in [5, 5.41) is 8.37. The summed E-state index contributed by atoms with van der Waals surface area (Å²) < 4.78 is 37.0. The molecule has 150 valence electrons. The zero-order valence-electron chi connectivity index (χ0n) is 15.1. The molecule has 1 atom stereocenters. The molecule has 0 bridgehead atoms. The molecule has 0 saturated heterocycles. The molecule has 3 heterocycles. The third-order valence-corrected chi connectivity index (χ3v) is 4.38. The van der Waals surface area contributed by atoms with Crippen LogP contribution in [0.2, 0.25) is 5.02 Å². The zero-order chi connectivity index (χ0) is 20.5. The van der Waals surface area contributed by atoms with Gasteiger partial charge in [0.15, 0.2) is 0 Å². The van der Waals surface area contributed by atoms with Gasteiger partial charge in [-0.15, -0.1) is 0 Å². The van der Waals surface area contributed by atoms with Crippen LogP contribution in [-0.4, -0.2) is 45.7 Å². The first-order chi connectivity index (χ1) is 13.0. The maximum absolute atomic E-state index is 12.3. The number of anilines is 2. The largest absolute Gasteiger partial charge is 0.405 e. The molecule has 1 aliphatic rings. The molecule has 2 aromatic rings. The molecule has 28 heavy (non-hydrogen) atoms. The van der Waals surface area contributed by atoms with Gasteiger partial charge in [0, 0.05) is 24.5 Å². The summed E-state index contributed by atoms with van der Waals surface area (Å²) in [6, 6.07) is 3.33. The van der Waals surface area contributed by atoms with Crippen LogP contribution in [0.5, 0.6) is 0 Å². The van der Waals surface area contributed by atoms with E-state index in [4.69, 9.17) is 11.6 Å². The van der Waals surface area contributed by atoms with Gasteiger partial charge in [-0.05, 0) is 26.0 Å². The van der Waals surface area contributed by atoms with Crippen LogP contribution in [0.3, 0.4) is 0 Å². The highest BCUT2D eigenvalue weighted by molar-refractivity contribution is 6.30. The number of aromatic nitrogens is 3. The van der Waals surface area contributed by atoms with E-state index in [1.165, 1.54) is 26.2 Å². The second-order valence-corrected chi connectivity index (χ2v) is 7.31. The summed E-state index contributed by atoms with van der Waals surface area (Å²) >= 11 is 6.02. The molecule has 1 amide bonds. The number of nitrogens with one attached hydrogen (secondary N) is 3. The van der Waals surface area contributed by atoms with Gasteiger partial charge >= 0.3 is 6.18 Å². The lowest BCUT2D eigenvalue weighted by atomic mass is 10.0. The van der Waals surface area contributed by atoms with Crippen molar-refractivity contribution in [2.24, 2.45) is 0 Å². The SMILES string of the molecule is CC(C)(Nc1ccnc(C2CNc3ncc(Cl)cc32)n1)C(=O)NCC(F)(F)F. The van der Waals surface area contributed by atoms with Gasteiger partial charge in [0.2, 0.25) is 5.91 Å². The maximum Gasteiger partial charge on any atom is 0.405 e. The normalized spacial score (nSPS) is 16.3. The molecule has 0 fully saturated rings. The van der Waals surface area contributed by atoms with Crippen LogP contribution in [-0.2, 0) is 4.79 Å². The molecule has 0 radical (unpaired) electrons. The third kappa shape index (κ3) is 4.61. The predicted molar refractivity (Wildman–Crippen MR) is 98.4 cm³/mol. The Hall–Kier alpha value is -2.62. The average molecular weight is 415 g/mol. The van der Waals surface area contributed by atoms with Gasteiger partial charge < -0.3 is 16.0 Å². The van der Waals surface area contributed by atoms with E-state index in [0.717, 1.165) is 5.56 Å². The minimum atomic E-state index is -4.48. The number of carbonyl (C=O) groups is 1. The van der Waals surface area contributed by atoms with Crippen molar-refractivity contribution in [1.29, 1.82) is 0 Å². The second kappa shape index (κ2) is 7.42. The average Bonchev–Trinajstić information content (AvgIpc) is 3.01. The van der Waals surface area contributed by atoms with E-state index in [2.05, 4.69) is 25.6 Å². The van der Waals surface area contributed by atoms with E-state index < -0.39 is 24.2 Å². The van der Waals surface area contributed by atoms with Crippen molar-refractivity contribution in [3.63, 3.8) is 0 Å². The van der Waals surface area contributed by atoms with E-state index in [-0.39, 0.29) is 5.92 Å². The lowest BCUT2D eigenvalue weighted by Crippen LogP contribution is -2.50. The van der Waals surface area contributed by atoms with Crippen LogP contribution >= 0.6 is 11.6 Å². The van der Waals surface area contributed by atoms with Gasteiger partial charge in [0.25, 0.3) is 0 Å². The van der Waals surface area contributed by atoms with Crippen molar-refractivity contribution < 1.29 is 18.0 Å². The van der Waals surface area contributed by atoms with Gasteiger partial charge in [-0.2, -0.15) is 13.2 Å². The summed E-state index contributed by atoms with van der Waals surface area (Å²) in [4.78, 5) is 25.0. The summed E-state index contributed by atoms with van der Waals surface area (Å²) in [5.74, 6) is 0.509. The summed E-state index contributed by atoms with van der Waals surface area (Å²) in [6.07, 6.45) is -1.42. The first kappa shape index (κ1) is 20.1. The number of nitrogens with zero attached hydrogens (tertiary/aromatic N) is 3. The molecule has 7 nitrogen and oxygen atoms in total. The van der Waals surface area contributed by atoms with Crippen molar-refractivity contribution in [3.05, 3.63) is 40.9 Å². The minimum Gasteiger partial charge on any atom is -0.369 e. The Kier molecular flexibility index (Phi) is 5.33. The van der Waals surface area contributed by atoms with Gasteiger partial charge in [0.05, 0.1) is 10.9 Å². The van der Waals surface area contributed by atoms with E-state index >= 15 is 0 Å². The fourth-order valence-electron chi connectivity index (χ4n) is 2.80. The Balaban J connectivity index is 1.76. The Labute approximate surface area is 164 Å². The highest BCUT2D eigenvalue weighted by Crippen LogP contribution is 2.34. The van der Waals surface area contributed by atoms with Crippen molar-refractivity contribution in [1.82, 2.24) is 20.3 Å². The molecule has 2 aromatic heterocycles. The number of hydrogen-bond acceptors (Lipinski definition) is 6. The molecular weight excluding hydrogens is 397 g/mol. The molecule has 0 aromatic carbocycles. The van der Waals surface area contributed by atoms with Gasteiger partial charge in [-0.3, -0.25) is 4.79 Å². The zero-order valence-corrected chi connectivity index (χ0v) is 15.8. The minimum absolute atomic E-state index is 0.190. The Morgan fingerprint density at radius 1 is 1.36 bits per heavy atom. The Bertz CT molecular complexity index is 889. The highest BCUT2D eigenvalue weighted by atomic mass is 35.5. The number of hydrogen-bond donors (Lipinski definition) is 3. The van der Waals surface area contributed by atoms with Crippen LogP contribution in [0.4, 0.5) is 24.8 Å². The molecule has 11 heteroatoms. The topological polar surface area (TPSA) is 91.8 Å². The van der Waals surface area contributed by atoms with E-state index in [1.54, 1.807) is 12.1 Å². The van der Waals surface area contributed by atoms with E-state index in [1.807, 2.05) is 5.32 Å². The van der Waals surface area contributed by atoms with Gasteiger partial charge in [-0.25, -0.2) is 15.0 Å². The molecule has 3 N–H and O–H groups in total. The molecule has 3 rings (SSSR count). The highest BCUT2D eigenvalue weighted by Gasteiger charge is 2.34. The summed E-state index contributed by atoms with van der Waals surface area (Å²) in [6.45, 7) is 2.07. The summed E-state index contributed by atoms with van der Waals surface area (Å²) in [7, 11) is 0. The first-order valence-electron chi connectivity index (χ1n) is 8.41. The van der Waals surface area contributed by atoms with Crippen molar-refractivity contribution in [2.75, 3.05) is 23.7 Å². The van der Waals surface area contributed by atoms with Gasteiger partial charge in [-0.1, -0.05) is 11.6 Å². The predicted octanol–water partition coefficient (Wildman–Crippen LogP) is 2.95. The molecule has 0 aliphatic carbocycles. The van der Waals surface area contributed by atoms with Crippen LogP contribution in [0.1, 0.15) is 31.2 Å². The summed E-state index contributed by atoms with van der Waals surface area (Å²) in [5.41, 5.74) is -0.458.